The second-order valence-corrected chi connectivity index (χ2v) is 9.98. The number of rotatable bonds is 6. The largest absolute Gasteiger partial charge is 0.355 e. The molecule has 156 valence electrons. The zero-order valence-corrected chi connectivity index (χ0v) is 17.6. The number of sulfone groups is 1. The molecule has 0 aromatic heterocycles. The van der Waals surface area contributed by atoms with Crippen LogP contribution >= 0.6 is 0 Å². The van der Waals surface area contributed by atoms with Crippen molar-refractivity contribution in [3.05, 3.63) is 35.9 Å². The summed E-state index contributed by atoms with van der Waals surface area (Å²) in [7, 11) is -1.01. The maximum Gasteiger partial charge on any atom is 0.191 e. The monoisotopic (exact) mass is 407 g/mol. The van der Waals surface area contributed by atoms with E-state index in [0.29, 0.717) is 19.1 Å². The first-order valence-corrected chi connectivity index (χ1v) is 12.0. The van der Waals surface area contributed by atoms with Gasteiger partial charge in [0.1, 0.15) is 0 Å². The minimum Gasteiger partial charge on any atom is -0.355 e. The van der Waals surface area contributed by atoms with Crippen LogP contribution in [0.5, 0.6) is 0 Å². The van der Waals surface area contributed by atoms with Crippen LogP contribution < -0.4 is 10.6 Å². The molecule has 0 atom stereocenters. The number of benzene rings is 1. The minimum atomic E-state index is -2.81. The zero-order chi connectivity index (χ0) is 19.8. The van der Waals surface area contributed by atoms with Gasteiger partial charge in [0, 0.05) is 58.9 Å². The molecule has 0 bridgehead atoms. The highest BCUT2D eigenvalue weighted by molar-refractivity contribution is 7.91. The number of hydrogen-bond acceptors (Lipinski definition) is 5. The van der Waals surface area contributed by atoms with Gasteiger partial charge in [0.05, 0.1) is 11.5 Å². The summed E-state index contributed by atoms with van der Waals surface area (Å²) >= 11 is 0. The Balaban J connectivity index is 1.33. The summed E-state index contributed by atoms with van der Waals surface area (Å²) in [4.78, 5) is 9.05. The number of aliphatic imine (C=N–C) groups is 1. The Bertz CT molecular complexity index is 716. The summed E-state index contributed by atoms with van der Waals surface area (Å²) in [5.41, 5.74) is 1.37. The summed E-state index contributed by atoms with van der Waals surface area (Å²) in [6, 6.07) is 11.1. The number of hydrogen-bond donors (Lipinski definition) is 2. The number of nitrogens with one attached hydrogen (secondary N) is 2. The molecule has 0 unspecified atom stereocenters. The standard InChI is InChI=1S/C20H33N5O2S/c1-21-20(22-9-12-24-13-15-28(26,27)16-14-24)23-19-7-10-25(11-8-19)17-18-5-3-2-4-6-18/h2-6,19H,7-17H2,1H3,(H2,21,22,23). The Labute approximate surface area is 169 Å². The molecule has 0 radical (unpaired) electrons. The Morgan fingerprint density at radius 1 is 1.07 bits per heavy atom. The zero-order valence-electron chi connectivity index (χ0n) is 16.8. The van der Waals surface area contributed by atoms with Gasteiger partial charge in [-0.15, -0.1) is 0 Å². The van der Waals surface area contributed by atoms with Crippen molar-refractivity contribution in [1.29, 1.82) is 0 Å². The quantitative estimate of drug-likeness (QED) is 0.530. The number of nitrogens with zero attached hydrogens (tertiary/aromatic N) is 3. The van der Waals surface area contributed by atoms with E-state index in [1.807, 2.05) is 0 Å². The third kappa shape index (κ3) is 6.76. The average molecular weight is 408 g/mol. The molecular formula is C20H33N5O2S. The fourth-order valence-corrected chi connectivity index (χ4v) is 5.05. The topological polar surface area (TPSA) is 77.0 Å². The van der Waals surface area contributed by atoms with Gasteiger partial charge in [0.25, 0.3) is 0 Å². The highest BCUT2D eigenvalue weighted by Gasteiger charge is 2.22. The molecule has 2 aliphatic heterocycles. The van der Waals surface area contributed by atoms with Gasteiger partial charge in [-0.25, -0.2) is 8.42 Å². The lowest BCUT2D eigenvalue weighted by atomic mass is 10.0. The van der Waals surface area contributed by atoms with Crippen molar-refractivity contribution < 1.29 is 8.42 Å². The molecule has 2 heterocycles. The van der Waals surface area contributed by atoms with E-state index < -0.39 is 9.84 Å². The summed E-state index contributed by atoms with van der Waals surface area (Å²) < 4.78 is 23.0. The van der Waals surface area contributed by atoms with Gasteiger partial charge in [0.15, 0.2) is 15.8 Å². The van der Waals surface area contributed by atoms with E-state index in [1.54, 1.807) is 7.05 Å². The third-order valence-corrected chi connectivity index (χ3v) is 7.17. The normalized spacial score (nSPS) is 22.1. The summed E-state index contributed by atoms with van der Waals surface area (Å²) in [5.74, 6) is 1.40. The van der Waals surface area contributed by atoms with E-state index in [4.69, 9.17) is 0 Å². The Morgan fingerprint density at radius 3 is 2.39 bits per heavy atom. The molecule has 2 saturated heterocycles. The molecule has 1 aromatic rings. The van der Waals surface area contributed by atoms with Crippen LogP contribution in [0.15, 0.2) is 35.3 Å². The van der Waals surface area contributed by atoms with E-state index >= 15 is 0 Å². The molecule has 2 N–H and O–H groups in total. The van der Waals surface area contributed by atoms with Gasteiger partial charge in [-0.1, -0.05) is 30.3 Å². The molecule has 0 spiro atoms. The first-order valence-electron chi connectivity index (χ1n) is 10.2. The molecule has 3 rings (SSSR count). The SMILES string of the molecule is CN=C(NCCN1CCS(=O)(=O)CC1)NC1CCN(Cc2ccccc2)CC1. The van der Waals surface area contributed by atoms with Gasteiger partial charge in [-0.2, -0.15) is 0 Å². The lowest BCUT2D eigenvalue weighted by Crippen LogP contribution is -2.50. The molecular weight excluding hydrogens is 374 g/mol. The third-order valence-electron chi connectivity index (χ3n) is 5.56. The molecule has 28 heavy (non-hydrogen) atoms. The van der Waals surface area contributed by atoms with Crippen molar-refractivity contribution in [2.24, 2.45) is 4.99 Å². The second-order valence-electron chi connectivity index (χ2n) is 7.67. The Hall–Kier alpha value is -1.64. The predicted octanol–water partition coefficient (Wildman–Crippen LogP) is 0.546. The van der Waals surface area contributed by atoms with E-state index in [9.17, 15) is 8.42 Å². The number of guanidine groups is 1. The van der Waals surface area contributed by atoms with Crippen molar-refractivity contribution in [2.45, 2.75) is 25.4 Å². The maximum atomic E-state index is 11.5. The minimum absolute atomic E-state index is 0.279. The molecule has 8 heteroatoms. The predicted molar refractivity (Wildman–Crippen MR) is 114 cm³/mol. The van der Waals surface area contributed by atoms with Crippen LogP contribution in [-0.2, 0) is 16.4 Å². The first kappa shape index (κ1) is 21.1. The number of likely N-dealkylation sites (tertiary alicyclic amines) is 1. The molecule has 2 aliphatic rings. The van der Waals surface area contributed by atoms with Gasteiger partial charge in [-0.3, -0.25) is 14.8 Å². The first-order chi connectivity index (χ1) is 13.5. The van der Waals surface area contributed by atoms with E-state index in [-0.39, 0.29) is 11.5 Å². The summed E-state index contributed by atoms with van der Waals surface area (Å²) in [5, 5.41) is 6.91. The van der Waals surface area contributed by atoms with Crippen LogP contribution in [0.25, 0.3) is 0 Å². The maximum absolute atomic E-state index is 11.5. The lowest BCUT2D eigenvalue weighted by molar-refractivity contribution is 0.198. The number of piperidine rings is 1. The van der Waals surface area contributed by atoms with Crippen molar-refractivity contribution in [1.82, 2.24) is 20.4 Å². The van der Waals surface area contributed by atoms with Crippen molar-refractivity contribution in [3.8, 4) is 0 Å². The fourth-order valence-electron chi connectivity index (χ4n) is 3.77. The van der Waals surface area contributed by atoms with Gasteiger partial charge in [-0.05, 0) is 18.4 Å². The summed E-state index contributed by atoms with van der Waals surface area (Å²) in [6.07, 6.45) is 2.22. The molecule has 1 aromatic carbocycles. The fraction of sp³-hybridized carbons (Fsp3) is 0.650. The highest BCUT2D eigenvalue weighted by atomic mass is 32.2. The average Bonchev–Trinajstić information content (AvgIpc) is 2.70. The van der Waals surface area contributed by atoms with Crippen LogP contribution in [0.3, 0.4) is 0 Å². The van der Waals surface area contributed by atoms with Crippen molar-refractivity contribution >= 4 is 15.8 Å². The van der Waals surface area contributed by atoms with Crippen LogP contribution in [0, 0.1) is 0 Å². The van der Waals surface area contributed by atoms with E-state index in [2.05, 4.69) is 55.8 Å². The van der Waals surface area contributed by atoms with Crippen molar-refractivity contribution in [3.63, 3.8) is 0 Å². The van der Waals surface area contributed by atoms with Gasteiger partial charge >= 0.3 is 0 Å². The van der Waals surface area contributed by atoms with Crippen LogP contribution in [-0.4, -0.2) is 88.0 Å². The van der Waals surface area contributed by atoms with Crippen LogP contribution in [0.1, 0.15) is 18.4 Å². The van der Waals surface area contributed by atoms with E-state index in [1.165, 1.54) is 5.56 Å². The van der Waals surface area contributed by atoms with Gasteiger partial charge < -0.3 is 10.6 Å². The Morgan fingerprint density at radius 2 is 1.75 bits per heavy atom. The molecule has 7 nitrogen and oxygen atoms in total. The van der Waals surface area contributed by atoms with Crippen LogP contribution in [0.4, 0.5) is 0 Å². The Kier molecular flexibility index (Phi) is 7.70. The summed E-state index contributed by atoms with van der Waals surface area (Å²) in [6.45, 7) is 6.08. The highest BCUT2D eigenvalue weighted by Crippen LogP contribution is 2.13. The van der Waals surface area contributed by atoms with Crippen molar-refractivity contribution in [2.75, 3.05) is 57.8 Å². The smallest absolute Gasteiger partial charge is 0.191 e. The van der Waals surface area contributed by atoms with Crippen LogP contribution in [0.2, 0.25) is 0 Å². The van der Waals surface area contributed by atoms with E-state index in [0.717, 1.165) is 51.5 Å². The molecule has 2 fully saturated rings. The van der Waals surface area contributed by atoms with Gasteiger partial charge in [0.2, 0.25) is 0 Å². The molecule has 0 aliphatic carbocycles. The second kappa shape index (κ2) is 10.2. The molecule has 0 saturated carbocycles. The molecule has 0 amide bonds. The lowest BCUT2D eigenvalue weighted by Gasteiger charge is -2.33.